The second kappa shape index (κ2) is 11.2. The van der Waals surface area contributed by atoms with Crippen LogP contribution in [-0.2, 0) is 19.6 Å². The fraction of sp³-hybridized carbons (Fsp3) is 0.619. The Bertz CT molecular complexity index is 897. The number of amides is 1. The molecule has 31 heavy (non-hydrogen) atoms. The van der Waals surface area contributed by atoms with E-state index in [1.807, 2.05) is 12.1 Å². The molecule has 0 aromatic carbocycles. The highest BCUT2D eigenvalue weighted by Gasteiger charge is 2.54. The van der Waals surface area contributed by atoms with Crippen molar-refractivity contribution in [2.45, 2.75) is 56.1 Å². The van der Waals surface area contributed by atoms with Crippen LogP contribution in [0.3, 0.4) is 0 Å². The van der Waals surface area contributed by atoms with Crippen molar-refractivity contribution < 1.29 is 23.2 Å². The van der Waals surface area contributed by atoms with E-state index in [0.717, 1.165) is 24.1 Å². The molecule has 0 bridgehead atoms. The Kier molecular flexibility index (Phi) is 9.28. The van der Waals surface area contributed by atoms with Gasteiger partial charge in [0.25, 0.3) is 5.91 Å². The minimum Gasteiger partial charge on any atom is -0.381 e. The normalized spacial score (nSPS) is 19.5. The van der Waals surface area contributed by atoms with Gasteiger partial charge in [-0.15, -0.1) is 12.4 Å². The Morgan fingerprint density at radius 3 is 2.55 bits per heavy atom. The van der Waals surface area contributed by atoms with E-state index >= 15 is 0 Å². The number of carbonyl (C=O) groups excluding carboxylic acids is 1. The number of hydrogen-bond donors (Lipinski definition) is 2. The SMILES string of the molecule is CCCC#Cc1ccc(C2CCN(S(=O)(=O)C3(C(=O)NO)CCOCC3)CC2)nc1.Cl. The van der Waals surface area contributed by atoms with Gasteiger partial charge in [-0.3, -0.25) is 15.0 Å². The zero-order chi connectivity index (χ0) is 21.6. The molecule has 8 nitrogen and oxygen atoms in total. The predicted molar refractivity (Wildman–Crippen MR) is 118 cm³/mol. The lowest BCUT2D eigenvalue weighted by Crippen LogP contribution is -2.60. The van der Waals surface area contributed by atoms with Crippen molar-refractivity contribution in [2.75, 3.05) is 26.3 Å². The van der Waals surface area contributed by atoms with E-state index in [1.54, 1.807) is 11.7 Å². The zero-order valence-corrected chi connectivity index (χ0v) is 19.3. The molecule has 0 radical (unpaired) electrons. The number of rotatable bonds is 5. The van der Waals surface area contributed by atoms with Crippen LogP contribution < -0.4 is 5.48 Å². The summed E-state index contributed by atoms with van der Waals surface area (Å²) in [5, 5.41) is 9.15. The monoisotopic (exact) mass is 471 g/mol. The second-order valence-corrected chi connectivity index (χ2v) is 10.00. The first kappa shape index (κ1) is 25.6. The van der Waals surface area contributed by atoms with Crippen LogP contribution in [0.5, 0.6) is 0 Å². The standard InChI is InChI=1S/C21H29N3O5S.ClH/c1-2-3-4-5-17-6-7-19(22-16-17)18-8-12-24(13-9-18)30(27,28)21(20(25)23-26)10-14-29-15-11-21;/h6-7,16,18,26H,2-3,8-15H2,1H3,(H,23,25);1H. The van der Waals surface area contributed by atoms with Gasteiger partial charge in [-0.25, -0.2) is 18.2 Å². The van der Waals surface area contributed by atoms with Crippen molar-refractivity contribution in [1.82, 2.24) is 14.8 Å². The minimum atomic E-state index is -3.94. The summed E-state index contributed by atoms with van der Waals surface area (Å²) >= 11 is 0. The Labute approximate surface area is 190 Å². The molecule has 2 aliphatic rings. The number of ether oxygens (including phenoxy) is 1. The van der Waals surface area contributed by atoms with Gasteiger partial charge in [-0.05, 0) is 31.4 Å². The third-order valence-electron chi connectivity index (χ3n) is 5.92. The average Bonchev–Trinajstić information content (AvgIpc) is 2.79. The van der Waals surface area contributed by atoms with Crippen LogP contribution in [0.25, 0.3) is 0 Å². The Morgan fingerprint density at radius 2 is 2.00 bits per heavy atom. The summed E-state index contributed by atoms with van der Waals surface area (Å²) in [6.45, 7) is 3.05. The maximum Gasteiger partial charge on any atom is 0.266 e. The first-order valence-electron chi connectivity index (χ1n) is 10.4. The van der Waals surface area contributed by atoms with Crippen molar-refractivity contribution in [3.05, 3.63) is 29.6 Å². The molecule has 3 rings (SSSR count). The van der Waals surface area contributed by atoms with E-state index in [-0.39, 0.29) is 44.4 Å². The molecule has 1 amide bonds. The van der Waals surface area contributed by atoms with E-state index < -0.39 is 20.7 Å². The average molecular weight is 472 g/mol. The molecule has 1 aromatic rings. The van der Waals surface area contributed by atoms with E-state index in [2.05, 4.69) is 23.7 Å². The first-order valence-corrected chi connectivity index (χ1v) is 11.9. The second-order valence-electron chi connectivity index (χ2n) is 7.75. The lowest BCUT2D eigenvalue weighted by Gasteiger charge is -2.40. The number of halogens is 1. The molecule has 2 fully saturated rings. The highest BCUT2D eigenvalue weighted by molar-refractivity contribution is 7.91. The number of piperidine rings is 1. The van der Waals surface area contributed by atoms with Crippen molar-refractivity contribution in [2.24, 2.45) is 0 Å². The van der Waals surface area contributed by atoms with Gasteiger partial charge in [0.05, 0.1) is 0 Å². The summed E-state index contributed by atoms with van der Waals surface area (Å²) in [7, 11) is -3.94. The molecule has 0 spiro atoms. The van der Waals surface area contributed by atoms with Crippen molar-refractivity contribution in [3.8, 4) is 11.8 Å². The number of hydroxylamine groups is 1. The number of unbranched alkanes of at least 4 members (excludes halogenated alkanes) is 1. The molecule has 10 heteroatoms. The topological polar surface area (TPSA) is 109 Å². The predicted octanol–water partition coefficient (Wildman–Crippen LogP) is 2.22. The molecular weight excluding hydrogens is 442 g/mol. The number of carbonyl (C=O) groups is 1. The van der Waals surface area contributed by atoms with Crippen LogP contribution in [0.4, 0.5) is 0 Å². The molecule has 0 aliphatic carbocycles. The maximum absolute atomic E-state index is 13.3. The number of sulfonamides is 1. The molecule has 0 unspecified atom stereocenters. The van der Waals surface area contributed by atoms with Gasteiger partial charge in [-0.2, -0.15) is 0 Å². The minimum absolute atomic E-state index is 0. The molecule has 2 N–H and O–H groups in total. The van der Waals surface area contributed by atoms with Gasteiger partial charge in [-0.1, -0.05) is 18.8 Å². The molecule has 0 atom stereocenters. The van der Waals surface area contributed by atoms with Gasteiger partial charge in [0.2, 0.25) is 10.0 Å². The zero-order valence-electron chi connectivity index (χ0n) is 17.7. The number of hydrogen-bond acceptors (Lipinski definition) is 6. The Balaban J connectivity index is 0.00000341. The third kappa shape index (κ3) is 5.38. The summed E-state index contributed by atoms with van der Waals surface area (Å²) < 4.78 is 31.6. The quantitative estimate of drug-likeness (QED) is 0.387. The molecule has 172 valence electrons. The van der Waals surface area contributed by atoms with Gasteiger partial charge < -0.3 is 4.74 Å². The number of aromatic nitrogens is 1. The highest BCUT2D eigenvalue weighted by Crippen LogP contribution is 2.36. The van der Waals surface area contributed by atoms with E-state index in [4.69, 9.17) is 9.94 Å². The van der Waals surface area contributed by atoms with Crippen LogP contribution >= 0.6 is 12.4 Å². The third-order valence-corrected chi connectivity index (χ3v) is 8.54. The number of nitrogens with one attached hydrogen (secondary N) is 1. The van der Waals surface area contributed by atoms with E-state index in [9.17, 15) is 13.2 Å². The van der Waals surface area contributed by atoms with Crippen LogP contribution in [0, 0.1) is 11.8 Å². The van der Waals surface area contributed by atoms with Crippen LogP contribution in [0.2, 0.25) is 0 Å². The van der Waals surface area contributed by atoms with Crippen molar-refractivity contribution in [3.63, 3.8) is 0 Å². The van der Waals surface area contributed by atoms with Crippen molar-refractivity contribution >= 4 is 28.3 Å². The van der Waals surface area contributed by atoms with Crippen molar-refractivity contribution in [1.29, 1.82) is 0 Å². The van der Waals surface area contributed by atoms with Gasteiger partial charge in [0.1, 0.15) is 0 Å². The molecule has 2 saturated heterocycles. The summed E-state index contributed by atoms with van der Waals surface area (Å²) in [5.74, 6) is 5.47. The smallest absolute Gasteiger partial charge is 0.266 e. The van der Waals surface area contributed by atoms with E-state index in [0.29, 0.717) is 25.9 Å². The Hall–Kier alpha value is -1.70. The molecular formula is C21H30ClN3O5S. The fourth-order valence-electron chi connectivity index (χ4n) is 4.05. The number of nitrogens with zero attached hydrogens (tertiary/aromatic N) is 2. The number of pyridine rings is 1. The lowest BCUT2D eigenvalue weighted by molar-refractivity contribution is -0.134. The van der Waals surface area contributed by atoms with Crippen LogP contribution in [0.15, 0.2) is 18.3 Å². The fourth-order valence-corrected chi connectivity index (χ4v) is 6.20. The summed E-state index contributed by atoms with van der Waals surface area (Å²) in [6, 6.07) is 3.92. The van der Waals surface area contributed by atoms with Gasteiger partial charge in [0.15, 0.2) is 4.75 Å². The summed E-state index contributed by atoms with van der Waals surface area (Å²) in [4.78, 5) is 16.9. The first-order chi connectivity index (χ1) is 14.4. The summed E-state index contributed by atoms with van der Waals surface area (Å²) in [6.07, 6.45) is 4.96. The lowest BCUT2D eigenvalue weighted by atomic mass is 9.94. The van der Waals surface area contributed by atoms with Crippen LogP contribution in [0.1, 0.15) is 62.6 Å². The van der Waals surface area contributed by atoms with Gasteiger partial charge >= 0.3 is 0 Å². The summed E-state index contributed by atoms with van der Waals surface area (Å²) in [5.41, 5.74) is 3.37. The highest BCUT2D eigenvalue weighted by atomic mass is 35.5. The van der Waals surface area contributed by atoms with Gasteiger partial charge in [0, 0.05) is 68.9 Å². The molecule has 0 saturated carbocycles. The van der Waals surface area contributed by atoms with E-state index in [1.165, 1.54) is 4.31 Å². The maximum atomic E-state index is 13.3. The largest absolute Gasteiger partial charge is 0.381 e. The van der Waals surface area contributed by atoms with Crippen LogP contribution in [-0.4, -0.2) is 59.9 Å². The molecule has 3 heterocycles. The Morgan fingerprint density at radius 1 is 1.32 bits per heavy atom. The molecule has 2 aliphatic heterocycles. The molecule has 1 aromatic heterocycles.